The van der Waals surface area contributed by atoms with Gasteiger partial charge < -0.3 is 18.9 Å². The minimum atomic E-state index is -4.23. The van der Waals surface area contributed by atoms with Crippen molar-refractivity contribution in [3.63, 3.8) is 0 Å². The third kappa shape index (κ3) is 26.9. The molecule has 0 heterocycles. The molecule has 0 aliphatic rings. The van der Waals surface area contributed by atoms with Crippen molar-refractivity contribution in [3.8, 4) is 0 Å². The molecule has 0 saturated heterocycles. The predicted octanol–water partition coefficient (Wildman–Crippen LogP) is 7.04. The Morgan fingerprint density at radius 2 is 1.24 bits per heavy atom. The zero-order valence-electron chi connectivity index (χ0n) is 24.7. The van der Waals surface area contributed by atoms with Gasteiger partial charge in [0.15, 0.2) is 0 Å². The second kappa shape index (κ2) is 23.4. The van der Waals surface area contributed by atoms with Crippen molar-refractivity contribution >= 4 is 13.8 Å². The first-order valence-corrected chi connectivity index (χ1v) is 16.3. The fourth-order valence-corrected chi connectivity index (χ4v) is 4.50. The van der Waals surface area contributed by atoms with Crippen molar-refractivity contribution in [2.45, 2.75) is 123 Å². The van der Waals surface area contributed by atoms with Crippen LogP contribution < -0.4 is 0 Å². The number of hydrogen-bond acceptors (Lipinski definition) is 6. The van der Waals surface area contributed by atoms with Gasteiger partial charge in [0.2, 0.25) is 0 Å². The van der Waals surface area contributed by atoms with Crippen molar-refractivity contribution in [1.82, 2.24) is 0 Å². The standard InChI is InChI=1S/C28H58NO7P/c1-6-8-10-11-12-13-14-15-16-17-18-19-20-21-28(30)36-27(25-33-23-9-7-2)26-35-37(31,32)34-24-22-29(3,4)5/h27H,6-26H2,1-5H3/p+1/t27-/m1/s1. The molecule has 0 aliphatic heterocycles. The molecule has 0 aromatic heterocycles. The van der Waals surface area contributed by atoms with E-state index in [1.807, 2.05) is 21.1 Å². The highest BCUT2D eigenvalue weighted by atomic mass is 31.2. The number of rotatable bonds is 27. The van der Waals surface area contributed by atoms with E-state index in [0.717, 1.165) is 32.1 Å². The smallest absolute Gasteiger partial charge is 0.457 e. The van der Waals surface area contributed by atoms with Gasteiger partial charge in [-0.05, 0) is 12.8 Å². The van der Waals surface area contributed by atoms with Crippen LogP contribution in [0, 0.1) is 0 Å². The van der Waals surface area contributed by atoms with E-state index in [4.69, 9.17) is 18.5 Å². The molecule has 0 radical (unpaired) electrons. The van der Waals surface area contributed by atoms with Crippen LogP contribution in [0.15, 0.2) is 0 Å². The minimum absolute atomic E-state index is 0.0911. The largest absolute Gasteiger partial charge is 0.472 e. The lowest BCUT2D eigenvalue weighted by Crippen LogP contribution is -2.37. The monoisotopic (exact) mass is 552 g/mol. The molecule has 37 heavy (non-hydrogen) atoms. The quantitative estimate of drug-likeness (QED) is 0.0506. The van der Waals surface area contributed by atoms with Gasteiger partial charge in [0.1, 0.15) is 19.3 Å². The number of likely N-dealkylation sites (N-methyl/N-ethyl adjacent to an activating group) is 1. The zero-order valence-corrected chi connectivity index (χ0v) is 25.6. The number of esters is 1. The Balaban J connectivity index is 4.11. The van der Waals surface area contributed by atoms with E-state index in [1.165, 1.54) is 64.2 Å². The molecular weight excluding hydrogens is 493 g/mol. The molecular formula is C28H59NO7P+. The minimum Gasteiger partial charge on any atom is -0.457 e. The number of phosphoric ester groups is 1. The van der Waals surface area contributed by atoms with Gasteiger partial charge in [0.05, 0.1) is 34.4 Å². The summed E-state index contributed by atoms with van der Waals surface area (Å²) < 4.78 is 34.1. The average Bonchev–Trinajstić information content (AvgIpc) is 2.82. The molecule has 0 aliphatic carbocycles. The summed E-state index contributed by atoms with van der Waals surface area (Å²) in [7, 11) is 1.67. The van der Waals surface area contributed by atoms with E-state index in [1.54, 1.807) is 0 Å². The molecule has 1 N–H and O–H groups in total. The number of ether oxygens (including phenoxy) is 2. The first-order chi connectivity index (χ1) is 17.6. The van der Waals surface area contributed by atoms with Gasteiger partial charge in [0, 0.05) is 13.0 Å². The number of carbonyl (C=O) groups is 1. The zero-order chi connectivity index (χ0) is 27.8. The van der Waals surface area contributed by atoms with Gasteiger partial charge in [-0.3, -0.25) is 13.8 Å². The van der Waals surface area contributed by atoms with E-state index >= 15 is 0 Å². The van der Waals surface area contributed by atoms with Gasteiger partial charge in [-0.2, -0.15) is 0 Å². The van der Waals surface area contributed by atoms with Gasteiger partial charge in [0.25, 0.3) is 0 Å². The van der Waals surface area contributed by atoms with Crippen LogP contribution in [0.1, 0.15) is 117 Å². The van der Waals surface area contributed by atoms with Crippen LogP contribution in [0.4, 0.5) is 0 Å². The van der Waals surface area contributed by atoms with E-state index in [9.17, 15) is 14.3 Å². The van der Waals surface area contributed by atoms with Crippen LogP contribution >= 0.6 is 7.82 Å². The van der Waals surface area contributed by atoms with Crippen molar-refractivity contribution in [3.05, 3.63) is 0 Å². The summed E-state index contributed by atoms with van der Waals surface area (Å²) in [5, 5.41) is 0. The van der Waals surface area contributed by atoms with Crippen molar-refractivity contribution in [1.29, 1.82) is 0 Å². The number of phosphoric acid groups is 1. The summed E-state index contributed by atoms with van der Waals surface area (Å²) in [6.07, 6.45) is 17.7. The molecule has 0 aromatic carbocycles. The van der Waals surface area contributed by atoms with Gasteiger partial charge >= 0.3 is 13.8 Å². The highest BCUT2D eigenvalue weighted by molar-refractivity contribution is 7.47. The molecule has 0 fully saturated rings. The topological polar surface area (TPSA) is 91.3 Å². The fraction of sp³-hybridized carbons (Fsp3) is 0.964. The summed E-state index contributed by atoms with van der Waals surface area (Å²) >= 11 is 0. The van der Waals surface area contributed by atoms with Crippen LogP contribution in [-0.4, -0.2) is 75.6 Å². The summed E-state index contributed by atoms with van der Waals surface area (Å²) in [6, 6.07) is 0. The Labute approximate surface area is 228 Å². The highest BCUT2D eigenvalue weighted by Crippen LogP contribution is 2.43. The van der Waals surface area contributed by atoms with Gasteiger partial charge in [-0.25, -0.2) is 4.57 Å². The second-order valence-electron chi connectivity index (χ2n) is 11.1. The maximum atomic E-state index is 12.4. The summed E-state index contributed by atoms with van der Waals surface area (Å²) in [6.45, 7) is 5.40. The van der Waals surface area contributed by atoms with Crippen molar-refractivity contribution in [2.75, 3.05) is 54.1 Å². The van der Waals surface area contributed by atoms with E-state index < -0.39 is 13.9 Å². The molecule has 0 spiro atoms. The third-order valence-electron chi connectivity index (χ3n) is 6.17. The third-order valence-corrected chi connectivity index (χ3v) is 7.15. The highest BCUT2D eigenvalue weighted by Gasteiger charge is 2.26. The van der Waals surface area contributed by atoms with Crippen LogP contribution in [0.2, 0.25) is 0 Å². The molecule has 0 amide bonds. The van der Waals surface area contributed by atoms with Crippen LogP contribution in [0.25, 0.3) is 0 Å². The van der Waals surface area contributed by atoms with E-state index in [0.29, 0.717) is 24.1 Å². The number of nitrogens with zero attached hydrogens (tertiary/aromatic N) is 1. The maximum absolute atomic E-state index is 12.4. The molecule has 1 unspecified atom stereocenters. The number of carbonyl (C=O) groups excluding carboxylic acids is 1. The van der Waals surface area contributed by atoms with E-state index in [2.05, 4.69) is 13.8 Å². The molecule has 222 valence electrons. The summed E-state index contributed by atoms with van der Waals surface area (Å²) in [4.78, 5) is 22.3. The summed E-state index contributed by atoms with van der Waals surface area (Å²) in [5.74, 6) is -0.325. The van der Waals surface area contributed by atoms with E-state index in [-0.39, 0.29) is 25.8 Å². The molecule has 0 bridgehead atoms. The Morgan fingerprint density at radius 3 is 1.76 bits per heavy atom. The summed E-state index contributed by atoms with van der Waals surface area (Å²) in [5.41, 5.74) is 0. The first kappa shape index (κ1) is 36.5. The first-order valence-electron chi connectivity index (χ1n) is 14.8. The lowest BCUT2D eigenvalue weighted by molar-refractivity contribution is -0.870. The van der Waals surface area contributed by atoms with Crippen molar-refractivity contribution < 1.29 is 37.3 Å². The molecule has 9 heteroatoms. The maximum Gasteiger partial charge on any atom is 0.472 e. The van der Waals surface area contributed by atoms with Crippen LogP contribution in [-0.2, 0) is 27.9 Å². The van der Waals surface area contributed by atoms with Gasteiger partial charge in [-0.1, -0.05) is 97.3 Å². The Hall–Kier alpha value is -0.500. The fourth-order valence-electron chi connectivity index (χ4n) is 3.75. The number of hydrogen-bond donors (Lipinski definition) is 1. The lowest BCUT2D eigenvalue weighted by atomic mass is 10.0. The Morgan fingerprint density at radius 1 is 0.730 bits per heavy atom. The normalized spacial score (nSPS) is 14.4. The lowest BCUT2D eigenvalue weighted by Gasteiger charge is -2.24. The number of unbranched alkanes of at least 4 members (excludes halogenated alkanes) is 13. The second-order valence-corrected chi connectivity index (χ2v) is 12.6. The average molecular weight is 553 g/mol. The molecule has 8 nitrogen and oxygen atoms in total. The van der Waals surface area contributed by atoms with Crippen LogP contribution in [0.5, 0.6) is 0 Å². The molecule has 0 rings (SSSR count). The van der Waals surface area contributed by atoms with Crippen LogP contribution in [0.3, 0.4) is 0 Å². The number of quaternary nitrogens is 1. The molecule has 0 saturated carbocycles. The predicted molar refractivity (Wildman–Crippen MR) is 151 cm³/mol. The Bertz CT molecular complexity index is 583. The van der Waals surface area contributed by atoms with Gasteiger partial charge in [-0.15, -0.1) is 0 Å². The molecule has 0 aromatic rings. The molecule has 2 atom stereocenters. The van der Waals surface area contributed by atoms with Crippen molar-refractivity contribution in [2.24, 2.45) is 0 Å². The Kier molecular flexibility index (Phi) is 23.1. The SMILES string of the molecule is CCCCCCCCCCCCCCCC(=O)O[C@H](COCCCC)COP(=O)(O)OCC[N+](C)(C)C.